The lowest BCUT2D eigenvalue weighted by Crippen LogP contribution is -2.31. The topological polar surface area (TPSA) is 75.7 Å². The van der Waals surface area contributed by atoms with Crippen LogP contribution in [0.25, 0.3) is 0 Å². The van der Waals surface area contributed by atoms with Gasteiger partial charge in [-0.3, -0.25) is 9.59 Å². The molecule has 6 nitrogen and oxygen atoms in total. The third-order valence-electron chi connectivity index (χ3n) is 4.10. The molecule has 0 unspecified atom stereocenters. The number of amides is 2. The summed E-state index contributed by atoms with van der Waals surface area (Å²) in [6, 6.07) is 12.4. The van der Waals surface area contributed by atoms with Crippen LogP contribution in [0.4, 0.5) is 5.69 Å². The Morgan fingerprint density at radius 1 is 1.04 bits per heavy atom. The molecular formula is C21H24N2O4. The summed E-state index contributed by atoms with van der Waals surface area (Å²) in [5.74, 6) is -1.06. The van der Waals surface area contributed by atoms with E-state index in [2.05, 4.69) is 11.4 Å². The van der Waals surface area contributed by atoms with E-state index in [4.69, 9.17) is 4.74 Å². The van der Waals surface area contributed by atoms with Gasteiger partial charge in [-0.15, -0.1) is 0 Å². The number of carbonyl (C=O) groups is 3. The fourth-order valence-corrected chi connectivity index (χ4v) is 2.58. The first-order valence-electron chi connectivity index (χ1n) is 8.61. The Bertz CT molecular complexity index is 844. The molecule has 2 aromatic rings. The molecule has 1 N–H and O–H groups in total. The summed E-state index contributed by atoms with van der Waals surface area (Å²) >= 11 is 0. The van der Waals surface area contributed by atoms with E-state index in [1.807, 2.05) is 26.0 Å². The van der Waals surface area contributed by atoms with Crippen molar-refractivity contribution in [1.82, 2.24) is 4.90 Å². The normalized spacial score (nSPS) is 10.2. The van der Waals surface area contributed by atoms with Crippen molar-refractivity contribution in [3.63, 3.8) is 0 Å². The number of rotatable bonds is 6. The van der Waals surface area contributed by atoms with Gasteiger partial charge in [-0.25, -0.2) is 4.79 Å². The predicted molar refractivity (Wildman–Crippen MR) is 103 cm³/mol. The van der Waals surface area contributed by atoms with Gasteiger partial charge >= 0.3 is 5.97 Å². The van der Waals surface area contributed by atoms with Crippen LogP contribution in [0, 0.1) is 13.8 Å². The maximum absolute atomic E-state index is 12.2. The summed E-state index contributed by atoms with van der Waals surface area (Å²) in [5.41, 5.74) is 4.24. The maximum Gasteiger partial charge on any atom is 0.338 e. The molecular weight excluding hydrogens is 344 g/mol. The summed E-state index contributed by atoms with van der Waals surface area (Å²) in [6.45, 7) is 5.56. The third-order valence-corrected chi connectivity index (χ3v) is 4.10. The average molecular weight is 368 g/mol. The van der Waals surface area contributed by atoms with E-state index >= 15 is 0 Å². The number of ether oxygens (including phenoxy) is 1. The molecule has 2 aromatic carbocycles. The number of esters is 1. The first kappa shape index (κ1) is 20.2. The highest BCUT2D eigenvalue weighted by Gasteiger charge is 2.14. The monoisotopic (exact) mass is 368 g/mol. The highest BCUT2D eigenvalue weighted by Crippen LogP contribution is 2.13. The van der Waals surface area contributed by atoms with Gasteiger partial charge < -0.3 is 15.0 Å². The number of aryl methyl sites for hydroxylation is 2. The first-order valence-corrected chi connectivity index (χ1v) is 8.61. The Morgan fingerprint density at radius 3 is 2.30 bits per heavy atom. The van der Waals surface area contributed by atoms with Crippen molar-refractivity contribution in [3.8, 4) is 0 Å². The van der Waals surface area contributed by atoms with Gasteiger partial charge in [0.05, 0.1) is 5.56 Å². The van der Waals surface area contributed by atoms with Gasteiger partial charge in [-0.05, 0) is 49.2 Å². The van der Waals surface area contributed by atoms with Crippen molar-refractivity contribution >= 4 is 23.5 Å². The van der Waals surface area contributed by atoms with Gasteiger partial charge in [0.15, 0.2) is 6.61 Å². The predicted octanol–water partition coefficient (Wildman–Crippen LogP) is 3.08. The van der Waals surface area contributed by atoms with Crippen LogP contribution >= 0.6 is 0 Å². The average Bonchev–Trinajstić information content (AvgIpc) is 2.61. The van der Waals surface area contributed by atoms with Crippen molar-refractivity contribution in [3.05, 3.63) is 64.7 Å². The number of carbonyl (C=O) groups excluding carboxylic acids is 3. The van der Waals surface area contributed by atoms with Crippen LogP contribution in [-0.4, -0.2) is 36.3 Å². The smallest absolute Gasteiger partial charge is 0.338 e. The van der Waals surface area contributed by atoms with Gasteiger partial charge in [0.1, 0.15) is 0 Å². The molecule has 0 aliphatic carbocycles. The van der Waals surface area contributed by atoms with Crippen molar-refractivity contribution in [2.24, 2.45) is 0 Å². The Balaban J connectivity index is 1.88. The minimum atomic E-state index is -0.586. The zero-order chi connectivity index (χ0) is 20.0. The van der Waals surface area contributed by atoms with Crippen LogP contribution in [0.15, 0.2) is 42.5 Å². The lowest BCUT2D eigenvalue weighted by atomic mass is 10.1. The molecule has 2 rings (SSSR count). The van der Waals surface area contributed by atoms with Gasteiger partial charge in [-0.2, -0.15) is 0 Å². The van der Waals surface area contributed by atoms with Gasteiger partial charge in [-0.1, -0.05) is 23.8 Å². The van der Waals surface area contributed by atoms with E-state index in [1.165, 1.54) is 29.5 Å². The van der Waals surface area contributed by atoms with Crippen LogP contribution in [-0.2, 0) is 20.9 Å². The molecule has 0 saturated carbocycles. The second-order valence-corrected chi connectivity index (χ2v) is 6.51. The summed E-state index contributed by atoms with van der Waals surface area (Å²) in [4.78, 5) is 36.8. The van der Waals surface area contributed by atoms with Crippen LogP contribution in [0.2, 0.25) is 0 Å². The molecule has 0 heterocycles. The van der Waals surface area contributed by atoms with E-state index in [1.54, 1.807) is 19.2 Å². The summed E-state index contributed by atoms with van der Waals surface area (Å²) in [6.07, 6.45) is 0. The van der Waals surface area contributed by atoms with E-state index in [9.17, 15) is 14.4 Å². The molecule has 0 aromatic heterocycles. The van der Waals surface area contributed by atoms with Gasteiger partial charge in [0, 0.05) is 26.2 Å². The SMILES string of the molecule is CC(=O)Nc1ccc(C(=O)OCC(=O)N(C)Cc2ccc(C)cc2C)cc1. The minimum Gasteiger partial charge on any atom is -0.452 e. The molecule has 0 fully saturated rings. The number of anilines is 1. The summed E-state index contributed by atoms with van der Waals surface area (Å²) in [7, 11) is 1.68. The van der Waals surface area contributed by atoms with E-state index in [0.29, 0.717) is 17.8 Å². The van der Waals surface area contributed by atoms with Crippen LogP contribution in [0.1, 0.15) is 34.0 Å². The molecule has 0 atom stereocenters. The molecule has 6 heteroatoms. The van der Waals surface area contributed by atoms with Crippen LogP contribution in [0.5, 0.6) is 0 Å². The van der Waals surface area contributed by atoms with Crippen molar-refractivity contribution in [2.75, 3.05) is 19.0 Å². The Morgan fingerprint density at radius 2 is 1.70 bits per heavy atom. The zero-order valence-electron chi connectivity index (χ0n) is 16.0. The molecule has 142 valence electrons. The van der Waals surface area contributed by atoms with E-state index in [-0.39, 0.29) is 18.4 Å². The Hall–Kier alpha value is -3.15. The van der Waals surface area contributed by atoms with Crippen molar-refractivity contribution in [1.29, 1.82) is 0 Å². The number of nitrogens with zero attached hydrogens (tertiary/aromatic N) is 1. The van der Waals surface area contributed by atoms with E-state index < -0.39 is 5.97 Å². The lowest BCUT2D eigenvalue weighted by Gasteiger charge is -2.18. The van der Waals surface area contributed by atoms with Gasteiger partial charge in [0.25, 0.3) is 5.91 Å². The quantitative estimate of drug-likeness (QED) is 0.795. The molecule has 0 radical (unpaired) electrons. The first-order chi connectivity index (χ1) is 12.8. The van der Waals surface area contributed by atoms with Crippen molar-refractivity contribution < 1.29 is 19.1 Å². The molecule has 27 heavy (non-hydrogen) atoms. The summed E-state index contributed by atoms with van der Waals surface area (Å²) in [5, 5.41) is 2.62. The number of nitrogens with one attached hydrogen (secondary N) is 1. The second kappa shape index (κ2) is 8.98. The Kier molecular flexibility index (Phi) is 6.71. The van der Waals surface area contributed by atoms with Gasteiger partial charge in [0.2, 0.25) is 5.91 Å². The van der Waals surface area contributed by atoms with Crippen molar-refractivity contribution in [2.45, 2.75) is 27.3 Å². The van der Waals surface area contributed by atoms with Crippen LogP contribution < -0.4 is 5.32 Å². The molecule has 0 aliphatic heterocycles. The fourth-order valence-electron chi connectivity index (χ4n) is 2.58. The fraction of sp³-hybridized carbons (Fsp3) is 0.286. The minimum absolute atomic E-state index is 0.192. The summed E-state index contributed by atoms with van der Waals surface area (Å²) < 4.78 is 5.10. The standard InChI is InChI=1S/C21H24N2O4/c1-14-5-6-18(15(2)11-14)12-23(4)20(25)13-27-21(26)17-7-9-19(10-8-17)22-16(3)24/h5-11H,12-13H2,1-4H3,(H,22,24). The lowest BCUT2D eigenvalue weighted by molar-refractivity contribution is -0.133. The molecule has 0 spiro atoms. The zero-order valence-corrected chi connectivity index (χ0v) is 16.0. The largest absolute Gasteiger partial charge is 0.452 e. The highest BCUT2D eigenvalue weighted by atomic mass is 16.5. The number of hydrogen-bond acceptors (Lipinski definition) is 4. The Labute approximate surface area is 159 Å². The molecule has 0 aliphatic rings. The second-order valence-electron chi connectivity index (χ2n) is 6.51. The maximum atomic E-state index is 12.2. The number of likely N-dealkylation sites (N-methyl/N-ethyl adjacent to an activating group) is 1. The molecule has 0 bridgehead atoms. The number of benzene rings is 2. The van der Waals surface area contributed by atoms with Crippen LogP contribution in [0.3, 0.4) is 0 Å². The van der Waals surface area contributed by atoms with E-state index in [0.717, 1.165) is 11.1 Å². The molecule has 2 amide bonds. The number of hydrogen-bond donors (Lipinski definition) is 1. The highest BCUT2D eigenvalue weighted by molar-refractivity contribution is 5.93. The third kappa shape index (κ3) is 5.95. The molecule has 0 saturated heterocycles.